The smallest absolute Gasteiger partial charge is 0.342 e. The van der Waals surface area contributed by atoms with E-state index in [0.717, 1.165) is 0 Å². The van der Waals surface area contributed by atoms with E-state index in [4.69, 9.17) is 5.11 Å². The Kier molecular flexibility index (Phi) is 8.76. The minimum Gasteiger partial charge on any atom is -0.481 e. The molecule has 0 saturated heterocycles. The normalized spacial score (nSPS) is 13.2. The second-order valence-corrected chi connectivity index (χ2v) is 16.8. The molecule has 50 heavy (non-hydrogen) atoms. The van der Waals surface area contributed by atoms with Gasteiger partial charge in [0.25, 0.3) is 35.9 Å². The number of H-pyrrole nitrogens is 1. The Hall–Kier alpha value is -5.04. The van der Waals surface area contributed by atoms with Crippen molar-refractivity contribution in [3.8, 4) is 11.1 Å². The lowest BCUT2D eigenvalue weighted by molar-refractivity contribution is -0.137. The van der Waals surface area contributed by atoms with Gasteiger partial charge in [-0.1, -0.05) is 24.3 Å². The summed E-state index contributed by atoms with van der Waals surface area (Å²) in [4.78, 5) is 46.7. The molecule has 3 aromatic carbocycles. The van der Waals surface area contributed by atoms with Crippen molar-refractivity contribution in [2.45, 2.75) is 32.4 Å². The van der Waals surface area contributed by atoms with Crippen molar-refractivity contribution < 1.29 is 71.9 Å². The molecule has 0 spiro atoms. The lowest BCUT2D eigenvalue weighted by Crippen LogP contribution is -2.24. The molecule has 1 aliphatic carbocycles. The molecule has 0 unspecified atom stereocenters. The topological polar surface area (TPSA) is 334 Å². The summed E-state index contributed by atoms with van der Waals surface area (Å²) in [5.74, 6) is -5.34. The first-order valence-corrected chi connectivity index (χ1v) is 19.4. The fourth-order valence-corrected chi connectivity index (χ4v) is 9.55. The minimum absolute atomic E-state index is 0.0237. The summed E-state index contributed by atoms with van der Waals surface area (Å²) in [6.07, 6.45) is -1.32. The van der Waals surface area contributed by atoms with Gasteiger partial charge in [-0.25, -0.2) is 13.2 Å². The van der Waals surface area contributed by atoms with Gasteiger partial charge in [-0.2, -0.15) is 25.3 Å². The lowest BCUT2D eigenvalue weighted by Gasteiger charge is -2.25. The van der Waals surface area contributed by atoms with E-state index in [9.17, 15) is 71.6 Å². The number of carboxylic acids is 2. The number of fused-ring (bicyclic) bond motifs is 2. The first-order chi connectivity index (χ1) is 22.9. The van der Waals surface area contributed by atoms with Crippen molar-refractivity contribution in [2.75, 3.05) is 11.1 Å². The number of benzene rings is 3. The summed E-state index contributed by atoms with van der Waals surface area (Å²) in [6, 6.07) is 5.93. The van der Waals surface area contributed by atoms with Crippen molar-refractivity contribution in [3.63, 3.8) is 0 Å². The summed E-state index contributed by atoms with van der Waals surface area (Å²) in [7, 11) is -21.5. The number of pyridine rings is 1. The molecule has 0 bridgehead atoms. The number of sulfone groups is 1. The van der Waals surface area contributed by atoms with E-state index < -0.39 is 141 Å². The Balaban J connectivity index is 1.95. The second-order valence-electron chi connectivity index (χ2n) is 10.6. The van der Waals surface area contributed by atoms with Gasteiger partial charge in [-0.15, -0.1) is 0 Å². The van der Waals surface area contributed by atoms with Gasteiger partial charge >= 0.3 is 11.9 Å². The molecule has 23 heteroatoms. The van der Waals surface area contributed by atoms with Crippen LogP contribution in [0.4, 0.5) is 11.4 Å². The molecule has 4 aromatic rings. The average molecular weight is 773 g/mol. The Labute approximate surface area is 280 Å². The third-order valence-electron chi connectivity index (χ3n) is 7.43. The number of anilines is 2. The highest BCUT2D eigenvalue weighted by Crippen LogP contribution is 2.46. The molecular weight excluding hydrogens is 753 g/mol. The Morgan fingerprint density at radius 3 is 1.80 bits per heavy atom. The standard InChI is InChI=1S/C27H20N2O17S4/c30-19(31)6-3-7-47(36,37)16-8-13(15(48(38,39)40)10-17(16)49(41,42)43)28-14-9-18(50(44,45)46)24-22-20(23(27(34)35)26(33)29-24)11-4-1-2-5-12(11)25(32)21(14)22/h1-2,4-5,8-10,28H,3,6-7H2,(H,29,33)(H,30,31)(H,34,35)(H,38,39,40)(H,41,42,43)(H,44,45,46). The monoisotopic (exact) mass is 772 g/mol. The van der Waals surface area contributed by atoms with Crippen molar-refractivity contribution in [2.24, 2.45) is 0 Å². The highest BCUT2D eigenvalue weighted by Gasteiger charge is 2.37. The van der Waals surface area contributed by atoms with E-state index in [1.54, 1.807) is 0 Å². The summed E-state index contributed by atoms with van der Waals surface area (Å²) < 4.78 is 131. The Bertz CT molecular complexity index is 2730. The highest BCUT2D eigenvalue weighted by atomic mass is 32.2. The van der Waals surface area contributed by atoms with Gasteiger partial charge in [0.1, 0.15) is 20.2 Å². The number of carboxylic acid groups (broad SMARTS) is 2. The fraction of sp³-hybridized carbons (Fsp3) is 0.111. The van der Waals surface area contributed by atoms with E-state index in [2.05, 4.69) is 5.32 Å². The Morgan fingerprint density at radius 2 is 1.26 bits per heavy atom. The summed E-state index contributed by atoms with van der Waals surface area (Å²) in [5.41, 5.74) is -6.55. The van der Waals surface area contributed by atoms with Crippen LogP contribution in [-0.4, -0.2) is 86.0 Å². The zero-order chi connectivity index (χ0) is 37.3. The number of aromatic carboxylic acids is 1. The zero-order valence-electron chi connectivity index (χ0n) is 24.4. The maximum Gasteiger partial charge on any atom is 0.342 e. The summed E-state index contributed by atoms with van der Waals surface area (Å²) in [6.45, 7) is 0. The number of hydrogen-bond donors (Lipinski definition) is 7. The molecule has 0 atom stereocenters. The third-order valence-corrected chi connectivity index (χ3v) is 12.1. The van der Waals surface area contributed by atoms with Gasteiger partial charge in [-0.05, 0) is 30.2 Å². The third kappa shape index (κ3) is 6.37. The van der Waals surface area contributed by atoms with Crippen LogP contribution in [0.3, 0.4) is 0 Å². The van der Waals surface area contributed by atoms with Gasteiger partial charge in [0.05, 0.1) is 33.1 Å². The first-order valence-electron chi connectivity index (χ1n) is 13.4. The van der Waals surface area contributed by atoms with Gasteiger partial charge in [-0.3, -0.25) is 28.0 Å². The van der Waals surface area contributed by atoms with Gasteiger partial charge in [0.15, 0.2) is 15.6 Å². The van der Waals surface area contributed by atoms with Crippen LogP contribution in [-0.2, 0) is 45.0 Å². The molecule has 5 rings (SSSR count). The quantitative estimate of drug-likeness (QED) is 0.0936. The van der Waals surface area contributed by atoms with Crippen LogP contribution in [0.25, 0.3) is 22.0 Å². The van der Waals surface area contributed by atoms with E-state index >= 15 is 0 Å². The molecule has 0 aliphatic heterocycles. The van der Waals surface area contributed by atoms with Crippen LogP contribution in [0, 0.1) is 0 Å². The van der Waals surface area contributed by atoms with Crippen molar-refractivity contribution >= 4 is 80.2 Å². The number of nitrogens with one attached hydrogen (secondary N) is 2. The molecule has 1 aromatic heterocycles. The SMILES string of the molecule is O=C(O)CCCS(=O)(=O)c1cc(Nc2cc(S(=O)(=O)O)c3[nH]c(=O)c(C(=O)O)c4c3c2C(=O)c2ccccc2-4)c(S(=O)(=O)O)cc1S(=O)(=O)O. The zero-order valence-corrected chi connectivity index (χ0v) is 27.7. The van der Waals surface area contributed by atoms with E-state index in [1.165, 1.54) is 24.3 Å². The van der Waals surface area contributed by atoms with E-state index in [-0.39, 0.29) is 23.3 Å². The first kappa shape index (κ1) is 36.2. The molecule has 7 N–H and O–H groups in total. The number of aromatic nitrogens is 1. The van der Waals surface area contributed by atoms with Crippen molar-refractivity contribution in [1.29, 1.82) is 0 Å². The van der Waals surface area contributed by atoms with E-state index in [0.29, 0.717) is 6.07 Å². The number of rotatable bonds is 11. The van der Waals surface area contributed by atoms with Crippen molar-refractivity contribution in [3.05, 3.63) is 69.5 Å². The van der Waals surface area contributed by atoms with Crippen LogP contribution in [0.15, 0.2) is 66.8 Å². The molecular formula is C27H20N2O17S4. The molecule has 0 fully saturated rings. The van der Waals surface area contributed by atoms with Crippen LogP contribution in [0.2, 0.25) is 0 Å². The van der Waals surface area contributed by atoms with Crippen LogP contribution in [0.1, 0.15) is 39.1 Å². The molecule has 0 radical (unpaired) electrons. The van der Waals surface area contributed by atoms with Gasteiger partial charge < -0.3 is 20.5 Å². The highest BCUT2D eigenvalue weighted by molar-refractivity contribution is 7.92. The predicted octanol–water partition coefficient (Wildman–Crippen LogP) is 1.56. The van der Waals surface area contributed by atoms with Gasteiger partial charge in [0.2, 0.25) is 0 Å². The number of aliphatic carboxylic acids is 1. The molecule has 0 amide bonds. The maximum absolute atomic E-state index is 14.0. The van der Waals surface area contributed by atoms with Crippen LogP contribution < -0.4 is 10.9 Å². The lowest BCUT2D eigenvalue weighted by atomic mass is 9.81. The van der Waals surface area contributed by atoms with Crippen molar-refractivity contribution in [1.82, 2.24) is 4.98 Å². The van der Waals surface area contributed by atoms with Gasteiger partial charge in [0, 0.05) is 22.9 Å². The largest absolute Gasteiger partial charge is 0.481 e. The van der Waals surface area contributed by atoms with Crippen LogP contribution in [0.5, 0.6) is 0 Å². The number of ketones is 1. The second kappa shape index (κ2) is 12.1. The number of hydrogen-bond acceptors (Lipinski definition) is 13. The minimum atomic E-state index is -5.61. The maximum atomic E-state index is 14.0. The summed E-state index contributed by atoms with van der Waals surface area (Å²) >= 11 is 0. The molecule has 1 aliphatic rings. The number of aromatic amines is 1. The molecule has 19 nitrogen and oxygen atoms in total. The predicted molar refractivity (Wildman–Crippen MR) is 168 cm³/mol. The number of carbonyl (C=O) groups is 3. The summed E-state index contributed by atoms with van der Waals surface area (Å²) in [5, 5.41) is 20.5. The average Bonchev–Trinajstić information content (AvgIpc) is 2.97. The fourth-order valence-electron chi connectivity index (χ4n) is 5.46. The molecule has 1 heterocycles. The Morgan fingerprint density at radius 1 is 0.700 bits per heavy atom. The molecule has 264 valence electrons. The molecule has 0 saturated carbocycles. The number of carbonyl (C=O) groups excluding carboxylic acids is 1. The van der Waals surface area contributed by atoms with Crippen LogP contribution >= 0.6 is 0 Å². The van der Waals surface area contributed by atoms with E-state index in [1.807, 2.05) is 4.98 Å².